The van der Waals surface area contributed by atoms with Gasteiger partial charge in [0.05, 0.1) is 31.6 Å². The van der Waals surface area contributed by atoms with Crippen LogP contribution in [0.25, 0.3) is 0 Å². The molecule has 0 aromatic rings. The number of ether oxygens (including phenoxy) is 2. The lowest BCUT2D eigenvalue weighted by atomic mass is 9.93. The smallest absolute Gasteiger partial charge is 0.209 e. The molecule has 4 rings (SSSR count). The van der Waals surface area contributed by atoms with Crippen LogP contribution in [0.4, 0.5) is 0 Å². The lowest BCUT2D eigenvalue weighted by Crippen LogP contribution is -2.43. The van der Waals surface area contributed by atoms with Crippen LogP contribution in [0.2, 0.25) is 0 Å². The van der Waals surface area contributed by atoms with Crippen LogP contribution in [0.5, 0.6) is 0 Å². The summed E-state index contributed by atoms with van der Waals surface area (Å²) in [6, 6.07) is 0.336. The van der Waals surface area contributed by atoms with Crippen LogP contribution in [-0.4, -0.2) is 49.7 Å². The number of allylic oxidation sites excluding steroid dienone is 1. The van der Waals surface area contributed by atoms with Gasteiger partial charge in [-0.3, -0.25) is 15.3 Å². The van der Waals surface area contributed by atoms with Gasteiger partial charge in [-0.2, -0.15) is 0 Å². The predicted molar refractivity (Wildman–Crippen MR) is 63.4 cm³/mol. The molecule has 4 aliphatic rings. The van der Waals surface area contributed by atoms with Gasteiger partial charge in [-0.25, -0.2) is 0 Å². The summed E-state index contributed by atoms with van der Waals surface area (Å²) in [5.74, 6) is -0.653. The van der Waals surface area contributed by atoms with E-state index in [1.165, 1.54) is 5.57 Å². The van der Waals surface area contributed by atoms with Crippen LogP contribution in [0, 0.1) is 0 Å². The van der Waals surface area contributed by atoms with Crippen LogP contribution < -0.4 is 5.32 Å². The van der Waals surface area contributed by atoms with E-state index in [1.807, 2.05) is 18.4 Å². The minimum absolute atomic E-state index is 0.117. The third kappa shape index (κ3) is 1.36. The van der Waals surface area contributed by atoms with Crippen LogP contribution in [0.15, 0.2) is 33.8 Å². The maximum absolute atomic E-state index is 5.67. The van der Waals surface area contributed by atoms with Gasteiger partial charge in [-0.15, -0.1) is 0 Å². The second-order valence-electron chi connectivity index (χ2n) is 4.53. The number of nitrogens with zero attached hydrogens (tertiary/aromatic N) is 2. The second kappa shape index (κ2) is 3.35. The van der Waals surface area contributed by atoms with Crippen molar-refractivity contribution < 1.29 is 9.47 Å². The lowest BCUT2D eigenvalue weighted by molar-refractivity contribution is -0.0751. The van der Waals surface area contributed by atoms with Crippen molar-refractivity contribution in [1.82, 2.24) is 5.32 Å². The molecule has 1 N–H and O–H groups in total. The van der Waals surface area contributed by atoms with Crippen LogP contribution >= 0.6 is 0 Å². The minimum Gasteiger partial charge on any atom is -0.341 e. The summed E-state index contributed by atoms with van der Waals surface area (Å²) in [5.41, 5.74) is 2.19. The molecule has 0 radical (unpaired) electrons. The Labute approximate surface area is 98.9 Å². The van der Waals surface area contributed by atoms with Gasteiger partial charge < -0.3 is 9.47 Å². The summed E-state index contributed by atoms with van der Waals surface area (Å²) < 4.78 is 11.3. The Balaban J connectivity index is 1.75. The highest BCUT2D eigenvalue weighted by atomic mass is 16.7. The highest BCUT2D eigenvalue weighted by Gasteiger charge is 2.41. The average Bonchev–Trinajstić information content (AvgIpc) is 2.95. The summed E-state index contributed by atoms with van der Waals surface area (Å²) in [6.07, 6.45) is 7.91. The number of hydrogen-bond acceptors (Lipinski definition) is 5. The molecule has 1 fully saturated rings. The Bertz CT molecular complexity index is 472. The molecule has 1 saturated heterocycles. The highest BCUT2D eigenvalue weighted by Crippen LogP contribution is 2.33. The first-order valence-corrected chi connectivity index (χ1v) is 5.88. The van der Waals surface area contributed by atoms with Gasteiger partial charge in [0.1, 0.15) is 6.04 Å². The molecule has 0 saturated carbocycles. The van der Waals surface area contributed by atoms with E-state index < -0.39 is 5.79 Å². The van der Waals surface area contributed by atoms with E-state index in [0.717, 1.165) is 5.71 Å². The Morgan fingerprint density at radius 1 is 1.35 bits per heavy atom. The summed E-state index contributed by atoms with van der Waals surface area (Å²) in [7, 11) is 0. The van der Waals surface area contributed by atoms with Crippen molar-refractivity contribution in [1.29, 1.82) is 0 Å². The summed E-state index contributed by atoms with van der Waals surface area (Å²) in [4.78, 5) is 8.83. The Morgan fingerprint density at radius 3 is 3.12 bits per heavy atom. The molecule has 1 aliphatic carbocycles. The molecule has 0 amide bonds. The van der Waals surface area contributed by atoms with Crippen molar-refractivity contribution in [3.8, 4) is 0 Å². The first-order chi connectivity index (χ1) is 8.36. The standard InChI is InChI=1S/C12H13N3O2/c1-2-12(16-3-4-17-12)5-8-9(1)15-10-6-13-7-14-11(8)10/h1-2,5-6,10-11,14H,3-4,7H2. The van der Waals surface area contributed by atoms with E-state index in [4.69, 9.17) is 9.47 Å². The summed E-state index contributed by atoms with van der Waals surface area (Å²) in [6.45, 7) is 1.94. The fraction of sp³-hybridized carbons (Fsp3) is 0.500. The van der Waals surface area contributed by atoms with E-state index in [-0.39, 0.29) is 12.1 Å². The molecule has 5 heteroatoms. The minimum atomic E-state index is -0.653. The van der Waals surface area contributed by atoms with Crippen molar-refractivity contribution in [2.24, 2.45) is 9.98 Å². The van der Waals surface area contributed by atoms with E-state index in [9.17, 15) is 0 Å². The summed E-state index contributed by atoms with van der Waals surface area (Å²) >= 11 is 0. The topological polar surface area (TPSA) is 55.2 Å². The van der Waals surface area contributed by atoms with Crippen LogP contribution in [-0.2, 0) is 9.47 Å². The molecule has 5 nitrogen and oxygen atoms in total. The first-order valence-electron chi connectivity index (χ1n) is 5.88. The maximum atomic E-state index is 5.67. The van der Waals surface area contributed by atoms with Gasteiger partial charge in [-0.1, -0.05) is 0 Å². The summed E-state index contributed by atoms with van der Waals surface area (Å²) in [5, 5.41) is 3.36. The normalized spacial score (nSPS) is 36.7. The zero-order valence-electron chi connectivity index (χ0n) is 9.30. The quantitative estimate of drug-likeness (QED) is 0.641. The van der Waals surface area contributed by atoms with Crippen molar-refractivity contribution in [2.75, 3.05) is 19.9 Å². The van der Waals surface area contributed by atoms with E-state index in [2.05, 4.69) is 21.4 Å². The zero-order chi connectivity index (χ0) is 11.3. The predicted octanol–water partition coefficient (Wildman–Crippen LogP) is 0.0490. The number of nitrogens with one attached hydrogen (secondary N) is 1. The molecular formula is C12H13N3O2. The van der Waals surface area contributed by atoms with Gasteiger partial charge in [-0.05, 0) is 23.8 Å². The number of fused-ring (bicyclic) bond motifs is 3. The Hall–Kier alpha value is -1.30. The fourth-order valence-corrected chi connectivity index (χ4v) is 2.70. The molecule has 0 aromatic carbocycles. The largest absolute Gasteiger partial charge is 0.341 e. The Kier molecular flexibility index (Phi) is 1.91. The maximum Gasteiger partial charge on any atom is 0.209 e. The average molecular weight is 231 g/mol. The highest BCUT2D eigenvalue weighted by molar-refractivity contribution is 6.13. The van der Waals surface area contributed by atoms with Crippen molar-refractivity contribution in [2.45, 2.75) is 17.9 Å². The second-order valence-corrected chi connectivity index (χ2v) is 4.53. The molecule has 1 spiro atoms. The molecule has 3 aliphatic heterocycles. The van der Waals surface area contributed by atoms with E-state index >= 15 is 0 Å². The first kappa shape index (κ1) is 9.70. The van der Waals surface area contributed by atoms with Crippen molar-refractivity contribution in [3.05, 3.63) is 23.8 Å². The molecule has 0 aromatic heterocycles. The number of hydrogen-bond donors (Lipinski definition) is 1. The molecule has 17 heavy (non-hydrogen) atoms. The molecule has 0 bridgehead atoms. The Morgan fingerprint density at radius 2 is 2.24 bits per heavy atom. The van der Waals surface area contributed by atoms with Crippen LogP contribution in [0.3, 0.4) is 0 Å². The third-order valence-electron chi connectivity index (χ3n) is 3.49. The van der Waals surface area contributed by atoms with Gasteiger partial charge in [0.2, 0.25) is 5.79 Å². The molecular weight excluding hydrogens is 218 g/mol. The van der Waals surface area contributed by atoms with E-state index in [1.54, 1.807) is 0 Å². The third-order valence-corrected chi connectivity index (χ3v) is 3.49. The van der Waals surface area contributed by atoms with E-state index in [0.29, 0.717) is 19.9 Å². The zero-order valence-corrected chi connectivity index (χ0v) is 9.30. The molecule has 3 heterocycles. The van der Waals surface area contributed by atoms with Crippen molar-refractivity contribution >= 4 is 11.9 Å². The monoisotopic (exact) mass is 231 g/mol. The van der Waals surface area contributed by atoms with Gasteiger partial charge >= 0.3 is 0 Å². The number of rotatable bonds is 0. The SMILES string of the molecule is C1=CC2(C=C3C1=NC1C=NCNC31)OCCO2. The van der Waals surface area contributed by atoms with Crippen LogP contribution in [0.1, 0.15) is 0 Å². The number of aliphatic imine (C=N–C) groups is 2. The van der Waals surface area contributed by atoms with Gasteiger partial charge in [0, 0.05) is 6.21 Å². The van der Waals surface area contributed by atoms with Gasteiger partial charge in [0.25, 0.3) is 0 Å². The van der Waals surface area contributed by atoms with Gasteiger partial charge in [0.15, 0.2) is 0 Å². The van der Waals surface area contributed by atoms with Crippen molar-refractivity contribution in [3.63, 3.8) is 0 Å². The lowest BCUT2D eigenvalue weighted by Gasteiger charge is -2.27. The molecule has 2 atom stereocenters. The molecule has 88 valence electrons. The fourth-order valence-electron chi connectivity index (χ4n) is 2.70. The molecule has 2 unspecified atom stereocenters.